The Labute approximate surface area is 217 Å². The Balaban J connectivity index is 1.38. The predicted octanol–water partition coefficient (Wildman–Crippen LogP) is 6.43. The monoisotopic (exact) mass is 549 g/mol. The first-order chi connectivity index (χ1) is 17.6. The molecule has 4 rings (SSSR count). The number of carbonyl (C=O) groups excluding carboxylic acids is 1. The number of anilines is 6. The molecule has 3 heterocycles. The fraction of sp³-hybridized carbons (Fsp3) is 0.136. The van der Waals surface area contributed by atoms with Crippen LogP contribution in [0.2, 0.25) is 5.02 Å². The van der Waals surface area contributed by atoms with Gasteiger partial charge in [-0.25, -0.2) is 14.8 Å². The molecule has 0 unspecified atom stereocenters. The third-order valence-electron chi connectivity index (χ3n) is 4.67. The van der Waals surface area contributed by atoms with Gasteiger partial charge in [-0.05, 0) is 43.5 Å². The lowest BCUT2D eigenvalue weighted by atomic mass is 10.2. The van der Waals surface area contributed by atoms with Gasteiger partial charge in [-0.1, -0.05) is 11.6 Å². The van der Waals surface area contributed by atoms with Crippen LogP contribution in [-0.4, -0.2) is 37.4 Å². The first-order valence-corrected chi connectivity index (χ1v) is 12.1. The minimum absolute atomic E-state index is 0.0756. The van der Waals surface area contributed by atoms with E-state index in [0.717, 1.165) is 17.2 Å². The van der Waals surface area contributed by atoms with E-state index in [1.165, 1.54) is 30.1 Å². The van der Waals surface area contributed by atoms with Crippen LogP contribution in [0.5, 0.6) is 0 Å². The van der Waals surface area contributed by atoms with Crippen LogP contribution in [0.3, 0.4) is 0 Å². The van der Waals surface area contributed by atoms with Crippen molar-refractivity contribution in [2.45, 2.75) is 18.1 Å². The van der Waals surface area contributed by atoms with Crippen molar-refractivity contribution in [1.29, 1.82) is 0 Å². The lowest BCUT2D eigenvalue weighted by molar-refractivity contribution is -0.137. The van der Waals surface area contributed by atoms with Gasteiger partial charge in [0, 0.05) is 23.5 Å². The number of thioether (sulfide) groups is 1. The highest BCUT2D eigenvalue weighted by Crippen LogP contribution is 2.36. The van der Waals surface area contributed by atoms with Gasteiger partial charge in [-0.3, -0.25) is 10.4 Å². The molecule has 4 aromatic rings. The number of nitrogens with one attached hydrogen (secondary N) is 5. The van der Waals surface area contributed by atoms with Gasteiger partial charge < -0.3 is 16.0 Å². The summed E-state index contributed by atoms with van der Waals surface area (Å²) < 4.78 is 39.1. The number of amides is 2. The number of hydrogen-bond acceptors (Lipinski definition) is 8. The molecule has 5 N–H and O–H groups in total. The summed E-state index contributed by atoms with van der Waals surface area (Å²) in [6.45, 7) is 1.82. The standard InChI is InChI=1S/C22H19ClF3N9OS/c1-11-7-17(31-18-9-19(37-2)35-34-18)32-20(28-11)29-13-4-6-16(27-10-13)33-21(36)30-12-3-5-15(23)14(8-12)22(24,25)26/h3-10H,1-2H3,(H2,27,30,33,36)(H3,28,29,31,32,34,35). The van der Waals surface area contributed by atoms with E-state index in [4.69, 9.17) is 11.6 Å². The van der Waals surface area contributed by atoms with Crippen LogP contribution >= 0.6 is 23.4 Å². The molecule has 15 heteroatoms. The van der Waals surface area contributed by atoms with E-state index in [-0.39, 0.29) is 11.5 Å². The van der Waals surface area contributed by atoms with Gasteiger partial charge in [-0.2, -0.15) is 23.3 Å². The molecule has 1 aromatic carbocycles. The van der Waals surface area contributed by atoms with Crippen molar-refractivity contribution in [3.05, 3.63) is 64.9 Å². The fourth-order valence-electron chi connectivity index (χ4n) is 3.07. The number of aryl methyl sites for hydroxylation is 1. The zero-order valence-electron chi connectivity index (χ0n) is 19.2. The lowest BCUT2D eigenvalue weighted by Crippen LogP contribution is -2.20. The van der Waals surface area contributed by atoms with Crippen molar-refractivity contribution < 1.29 is 18.0 Å². The Bertz CT molecular complexity index is 1410. The van der Waals surface area contributed by atoms with Crippen molar-refractivity contribution in [3.63, 3.8) is 0 Å². The van der Waals surface area contributed by atoms with Gasteiger partial charge in [0.2, 0.25) is 5.95 Å². The number of pyridine rings is 1. The summed E-state index contributed by atoms with van der Waals surface area (Å²) in [5, 5.41) is 18.3. The van der Waals surface area contributed by atoms with Gasteiger partial charge in [-0.15, -0.1) is 11.8 Å². The number of H-pyrrole nitrogens is 1. The molecule has 10 nitrogen and oxygen atoms in total. The van der Waals surface area contributed by atoms with E-state index in [1.807, 2.05) is 19.2 Å². The highest BCUT2D eigenvalue weighted by atomic mass is 35.5. The molecule has 0 aliphatic rings. The molecule has 0 radical (unpaired) electrons. The second-order valence-electron chi connectivity index (χ2n) is 7.50. The zero-order chi connectivity index (χ0) is 26.6. The van der Waals surface area contributed by atoms with Gasteiger partial charge in [0.15, 0.2) is 0 Å². The maximum atomic E-state index is 13.0. The molecular weight excluding hydrogens is 531 g/mol. The van der Waals surface area contributed by atoms with Crippen LogP contribution in [0.25, 0.3) is 0 Å². The smallest absolute Gasteiger partial charge is 0.325 e. The number of benzene rings is 1. The molecule has 0 saturated heterocycles. The molecule has 0 atom stereocenters. The minimum Gasteiger partial charge on any atom is -0.325 e. The lowest BCUT2D eigenvalue weighted by Gasteiger charge is -2.12. The number of aromatic amines is 1. The molecule has 37 heavy (non-hydrogen) atoms. The SMILES string of the molecule is CSc1cc(Nc2cc(C)nc(Nc3ccc(NC(=O)Nc4ccc(Cl)c(C(F)(F)F)c4)nc3)n2)[nH]n1. The third-order valence-corrected chi connectivity index (χ3v) is 5.63. The second-order valence-corrected chi connectivity index (χ2v) is 8.73. The number of halogens is 4. The third kappa shape index (κ3) is 7.01. The number of alkyl halides is 3. The zero-order valence-corrected chi connectivity index (χ0v) is 20.8. The maximum Gasteiger partial charge on any atom is 0.417 e. The van der Waals surface area contributed by atoms with Crippen molar-refractivity contribution in [2.24, 2.45) is 0 Å². The summed E-state index contributed by atoms with van der Waals surface area (Å²) in [7, 11) is 0. The second kappa shape index (κ2) is 10.9. The van der Waals surface area contributed by atoms with Gasteiger partial charge in [0.25, 0.3) is 0 Å². The topological polar surface area (TPSA) is 133 Å². The number of nitrogens with zero attached hydrogens (tertiary/aromatic N) is 4. The highest BCUT2D eigenvalue weighted by molar-refractivity contribution is 7.98. The molecule has 2 amide bonds. The molecular formula is C22H19ClF3N9OS. The number of rotatable bonds is 7. The Hall–Kier alpha value is -4.04. The average molecular weight is 550 g/mol. The largest absolute Gasteiger partial charge is 0.417 e. The quantitative estimate of drug-likeness (QED) is 0.167. The van der Waals surface area contributed by atoms with Crippen LogP contribution in [0.4, 0.5) is 52.7 Å². The fourth-order valence-corrected chi connectivity index (χ4v) is 3.67. The van der Waals surface area contributed by atoms with Crippen LogP contribution in [0.15, 0.2) is 53.7 Å². The van der Waals surface area contributed by atoms with Crippen molar-refractivity contribution in [1.82, 2.24) is 25.1 Å². The Morgan fingerprint density at radius 3 is 2.46 bits per heavy atom. The maximum absolute atomic E-state index is 13.0. The number of hydrogen-bond donors (Lipinski definition) is 5. The Morgan fingerprint density at radius 2 is 1.78 bits per heavy atom. The van der Waals surface area contributed by atoms with E-state index in [2.05, 4.69) is 46.4 Å². The highest BCUT2D eigenvalue weighted by Gasteiger charge is 2.33. The molecule has 0 fully saturated rings. The van der Waals surface area contributed by atoms with E-state index in [0.29, 0.717) is 29.0 Å². The van der Waals surface area contributed by atoms with Crippen LogP contribution < -0.4 is 21.3 Å². The first-order valence-electron chi connectivity index (χ1n) is 10.5. The minimum atomic E-state index is -4.65. The van der Waals surface area contributed by atoms with Crippen molar-refractivity contribution in [2.75, 3.05) is 27.5 Å². The molecule has 192 valence electrons. The molecule has 0 aliphatic heterocycles. The van der Waals surface area contributed by atoms with E-state index in [9.17, 15) is 18.0 Å². The summed E-state index contributed by atoms with van der Waals surface area (Å²) in [5.74, 6) is 1.71. The summed E-state index contributed by atoms with van der Waals surface area (Å²) >= 11 is 7.10. The number of aromatic nitrogens is 5. The Morgan fingerprint density at radius 1 is 1.00 bits per heavy atom. The van der Waals surface area contributed by atoms with Crippen molar-refractivity contribution >= 4 is 64.2 Å². The Kier molecular flexibility index (Phi) is 7.69. The van der Waals surface area contributed by atoms with Crippen LogP contribution in [0, 0.1) is 6.92 Å². The summed E-state index contributed by atoms with van der Waals surface area (Å²) in [4.78, 5) is 25.1. The van der Waals surface area contributed by atoms with Crippen molar-refractivity contribution in [3.8, 4) is 0 Å². The van der Waals surface area contributed by atoms with Gasteiger partial charge in [0.05, 0.1) is 22.5 Å². The van der Waals surface area contributed by atoms with E-state index >= 15 is 0 Å². The molecule has 0 saturated carbocycles. The summed E-state index contributed by atoms with van der Waals surface area (Å²) in [5.41, 5.74) is 0.129. The normalized spacial score (nSPS) is 11.2. The van der Waals surface area contributed by atoms with E-state index < -0.39 is 22.8 Å². The molecule has 0 spiro atoms. The van der Waals surface area contributed by atoms with Gasteiger partial charge >= 0.3 is 12.2 Å². The van der Waals surface area contributed by atoms with E-state index in [1.54, 1.807) is 12.1 Å². The molecule has 0 bridgehead atoms. The predicted molar refractivity (Wildman–Crippen MR) is 137 cm³/mol. The molecule has 0 aliphatic carbocycles. The summed E-state index contributed by atoms with van der Waals surface area (Å²) in [6.07, 6.45) is -1.28. The molecule has 3 aromatic heterocycles. The average Bonchev–Trinajstić information content (AvgIpc) is 3.28. The van der Waals surface area contributed by atoms with Gasteiger partial charge in [0.1, 0.15) is 22.5 Å². The summed E-state index contributed by atoms with van der Waals surface area (Å²) in [6, 6.07) is 9.06. The number of urea groups is 1. The first kappa shape index (κ1) is 26.0. The number of carbonyl (C=O) groups is 1. The van der Waals surface area contributed by atoms with Crippen LogP contribution in [-0.2, 0) is 6.18 Å². The van der Waals surface area contributed by atoms with Crippen LogP contribution in [0.1, 0.15) is 11.3 Å².